The molecule has 0 spiro atoms. The minimum absolute atomic E-state index is 0.224. The Morgan fingerprint density at radius 3 is 1.56 bits per heavy atom. The third-order valence-corrected chi connectivity index (χ3v) is 9.03. The van der Waals surface area contributed by atoms with Crippen molar-refractivity contribution in [2.75, 3.05) is 0 Å². The molecule has 2 atom stereocenters. The Morgan fingerprint density at radius 1 is 0.778 bits per heavy atom. The second-order valence-corrected chi connectivity index (χ2v) is 10.8. The molecule has 1 aliphatic rings. The van der Waals surface area contributed by atoms with Crippen molar-refractivity contribution in [3.05, 3.63) is 12.8 Å². The maximum atomic E-state index is 2.73. The Hall–Kier alpha value is 0.434. The Morgan fingerprint density at radius 2 is 1.22 bits per heavy atom. The summed E-state index contributed by atoms with van der Waals surface area (Å²) in [6, 6.07) is 3.20. The molecule has 0 bridgehead atoms. The van der Waals surface area contributed by atoms with Crippen LogP contribution in [0.15, 0.2) is 0 Å². The fraction of sp³-hybridized carbons (Fsp3) is 0.875. The molecule has 2 unspecified atom stereocenters. The van der Waals surface area contributed by atoms with E-state index >= 15 is 0 Å². The van der Waals surface area contributed by atoms with Crippen LogP contribution in [0.5, 0.6) is 0 Å². The zero-order chi connectivity index (χ0) is 13.1. The maximum Gasteiger partial charge on any atom is 0.0235 e. The van der Waals surface area contributed by atoms with Crippen LogP contribution in [0.1, 0.15) is 65.2 Å². The topological polar surface area (TPSA) is 0 Å². The van der Waals surface area contributed by atoms with Crippen molar-refractivity contribution >= 4 is 19.0 Å². The van der Waals surface area contributed by atoms with Gasteiger partial charge in [0.05, 0.1) is 0 Å². The van der Waals surface area contributed by atoms with Gasteiger partial charge in [-0.15, -0.1) is 0 Å². The summed E-state index contributed by atoms with van der Waals surface area (Å²) in [6.07, 6.45) is 17.1. The molecule has 2 heteroatoms. The molecular weight excluding hydrogens is 248 g/mol. The second kappa shape index (κ2) is 11.3. The summed E-state index contributed by atoms with van der Waals surface area (Å²) >= 11 is 0. The predicted molar refractivity (Wildman–Crippen MR) is 91.1 cm³/mol. The van der Waals surface area contributed by atoms with E-state index in [-0.39, 0.29) is 19.0 Å². The normalized spacial score (nSPS) is 25.7. The molecule has 0 aromatic carbocycles. The lowest BCUT2D eigenvalue weighted by atomic mass is 9.99. The monoisotopic (exact) mass is 282 g/mol. The van der Waals surface area contributed by atoms with Crippen molar-refractivity contribution in [2.45, 2.75) is 88.4 Å². The van der Waals surface area contributed by atoms with E-state index in [2.05, 4.69) is 26.7 Å². The van der Waals surface area contributed by atoms with Gasteiger partial charge in [-0.2, -0.15) is 0 Å². The van der Waals surface area contributed by atoms with Crippen molar-refractivity contribution in [1.82, 2.24) is 0 Å². The predicted octanol–water partition coefficient (Wildman–Crippen LogP) is 4.32. The second-order valence-electron chi connectivity index (χ2n) is 6.16. The average molecular weight is 283 g/mol. The first kappa shape index (κ1) is 16.5. The van der Waals surface area contributed by atoms with Crippen molar-refractivity contribution in [2.24, 2.45) is 0 Å². The molecule has 0 amide bonds. The van der Waals surface area contributed by atoms with E-state index in [0.29, 0.717) is 0 Å². The van der Waals surface area contributed by atoms with Gasteiger partial charge in [0.25, 0.3) is 0 Å². The van der Waals surface area contributed by atoms with Gasteiger partial charge in [0.2, 0.25) is 0 Å². The zero-order valence-electron chi connectivity index (χ0n) is 12.8. The molecule has 0 aromatic heterocycles. The Balaban J connectivity index is 1.95. The molecule has 0 N–H and O–H groups in total. The number of unbranched alkanes of at least 4 members (excludes halogenated alkanes) is 4. The molecule has 1 aliphatic carbocycles. The van der Waals surface area contributed by atoms with Crippen molar-refractivity contribution in [3.8, 4) is 0 Å². The van der Waals surface area contributed by atoms with Gasteiger partial charge in [-0.3, -0.25) is 0 Å². The van der Waals surface area contributed by atoms with Gasteiger partial charge < -0.3 is 0 Å². The highest BCUT2D eigenvalue weighted by Gasteiger charge is 2.21. The summed E-state index contributed by atoms with van der Waals surface area (Å²) in [6.45, 7) is 4.63. The third kappa shape index (κ3) is 7.78. The third-order valence-electron chi connectivity index (χ3n) is 4.40. The molecule has 106 valence electrons. The Labute approximate surface area is 120 Å². The van der Waals surface area contributed by atoms with E-state index in [4.69, 9.17) is 0 Å². The van der Waals surface area contributed by atoms with Gasteiger partial charge in [0.1, 0.15) is 0 Å². The van der Waals surface area contributed by atoms with Gasteiger partial charge >= 0.3 is 0 Å². The lowest BCUT2D eigenvalue weighted by molar-refractivity contribution is 0.687. The zero-order valence-corrected chi connectivity index (χ0v) is 15.6. The molecule has 1 saturated carbocycles. The van der Waals surface area contributed by atoms with Gasteiger partial charge in [0.15, 0.2) is 0 Å². The van der Waals surface area contributed by atoms with E-state index in [1.807, 2.05) is 0 Å². The lowest BCUT2D eigenvalue weighted by Gasteiger charge is -2.27. The van der Waals surface area contributed by atoms with E-state index in [0.717, 1.165) is 11.1 Å². The van der Waals surface area contributed by atoms with Crippen LogP contribution < -0.4 is 0 Å². The van der Waals surface area contributed by atoms with Crippen LogP contribution in [0.25, 0.3) is 0 Å². The minimum Gasteiger partial charge on any atom is -0.0654 e. The summed E-state index contributed by atoms with van der Waals surface area (Å²) in [5.41, 5.74) is 2.14. The quantitative estimate of drug-likeness (QED) is 0.413. The van der Waals surface area contributed by atoms with Crippen molar-refractivity contribution in [3.63, 3.8) is 0 Å². The van der Waals surface area contributed by atoms with Crippen molar-refractivity contribution in [1.29, 1.82) is 0 Å². The SMILES string of the molecule is CCCCC[SiH2]C1[CH]CC([SiH2]CCCCC)[CH]C1. The van der Waals surface area contributed by atoms with E-state index < -0.39 is 0 Å². The van der Waals surface area contributed by atoms with E-state index in [1.165, 1.54) is 51.4 Å². The van der Waals surface area contributed by atoms with Crippen molar-refractivity contribution < 1.29 is 0 Å². The molecule has 0 aliphatic heterocycles. The molecule has 2 radical (unpaired) electrons. The number of hydrogen-bond acceptors (Lipinski definition) is 0. The largest absolute Gasteiger partial charge is 0.0654 e. The average Bonchev–Trinajstić information content (AvgIpc) is 2.41. The molecule has 0 nitrogen and oxygen atoms in total. The molecule has 18 heavy (non-hydrogen) atoms. The highest BCUT2D eigenvalue weighted by atomic mass is 28.2. The van der Waals surface area contributed by atoms with Gasteiger partial charge in [-0.05, 0) is 36.8 Å². The van der Waals surface area contributed by atoms with Gasteiger partial charge in [-0.25, -0.2) is 0 Å². The number of rotatable bonds is 10. The minimum atomic E-state index is 0.224. The molecule has 1 rings (SSSR count). The summed E-state index contributed by atoms with van der Waals surface area (Å²) in [5, 5.41) is 0. The van der Waals surface area contributed by atoms with Crippen LogP contribution in [0.4, 0.5) is 0 Å². The fourth-order valence-corrected chi connectivity index (χ4v) is 7.11. The van der Waals surface area contributed by atoms with Crippen LogP contribution in [0, 0.1) is 12.8 Å². The number of hydrogen-bond donors (Lipinski definition) is 0. The highest BCUT2D eigenvalue weighted by Crippen LogP contribution is 2.35. The van der Waals surface area contributed by atoms with E-state index in [1.54, 1.807) is 12.1 Å². The first-order valence-corrected chi connectivity index (χ1v) is 12.2. The summed E-state index contributed by atoms with van der Waals surface area (Å²) in [4.78, 5) is 0. The summed E-state index contributed by atoms with van der Waals surface area (Å²) in [7, 11) is 0.448. The van der Waals surface area contributed by atoms with Gasteiger partial charge in [-0.1, -0.05) is 64.5 Å². The molecule has 0 aromatic rings. The highest BCUT2D eigenvalue weighted by molar-refractivity contribution is 6.40. The maximum absolute atomic E-state index is 2.73. The van der Waals surface area contributed by atoms with Crippen LogP contribution >= 0.6 is 0 Å². The smallest absolute Gasteiger partial charge is 0.0235 e. The summed E-state index contributed by atoms with van der Waals surface area (Å²) in [5.74, 6) is 0. The first-order valence-electron chi connectivity index (χ1n) is 8.53. The molecule has 0 saturated heterocycles. The Kier molecular flexibility index (Phi) is 10.3. The van der Waals surface area contributed by atoms with Crippen LogP contribution in [-0.4, -0.2) is 19.0 Å². The summed E-state index contributed by atoms with van der Waals surface area (Å²) < 4.78 is 0. The van der Waals surface area contributed by atoms with Crippen LogP contribution in [0.3, 0.4) is 0 Å². The van der Waals surface area contributed by atoms with E-state index in [9.17, 15) is 0 Å². The molecule has 0 heterocycles. The molecular formula is C16H34Si2. The van der Waals surface area contributed by atoms with Gasteiger partial charge in [0, 0.05) is 19.0 Å². The standard InChI is InChI=1S/C16H34Si2/c1-3-5-7-13-17-15-9-11-16(12-10-15)18-14-8-6-4-2/h9,12,15-16H,3-8,10-11,13-14,17-18H2,1-2H3. The molecule has 1 fully saturated rings. The lowest BCUT2D eigenvalue weighted by Crippen LogP contribution is -2.16. The Bertz CT molecular complexity index is 154. The van der Waals surface area contributed by atoms with Crippen LogP contribution in [-0.2, 0) is 0 Å². The van der Waals surface area contributed by atoms with Crippen LogP contribution in [0.2, 0.25) is 23.2 Å². The first-order chi connectivity index (χ1) is 8.86. The fourth-order valence-electron chi connectivity index (χ4n) is 3.06.